The van der Waals surface area contributed by atoms with Gasteiger partial charge in [0.1, 0.15) is 5.82 Å². The molecule has 0 fully saturated rings. The van der Waals surface area contributed by atoms with Crippen LogP contribution in [-0.4, -0.2) is 26.7 Å². The molecule has 2 aromatic carbocycles. The van der Waals surface area contributed by atoms with Crippen LogP contribution >= 0.6 is 22.9 Å². The maximum absolute atomic E-state index is 15.0. The fraction of sp³-hybridized carbons (Fsp3) is 0.115. The van der Waals surface area contributed by atoms with Crippen LogP contribution in [0, 0.1) is 5.82 Å². The van der Waals surface area contributed by atoms with Crippen LogP contribution in [0.4, 0.5) is 9.18 Å². The summed E-state index contributed by atoms with van der Waals surface area (Å²) in [4.78, 5) is 22.6. The Bertz CT molecular complexity index is 1500. The van der Waals surface area contributed by atoms with Gasteiger partial charge >= 0.3 is 6.16 Å². The fourth-order valence-electron chi connectivity index (χ4n) is 3.88. The normalized spacial score (nSPS) is 12.4. The molecule has 0 aliphatic heterocycles. The van der Waals surface area contributed by atoms with E-state index in [-0.39, 0.29) is 27.8 Å². The van der Waals surface area contributed by atoms with Crippen molar-refractivity contribution in [2.45, 2.75) is 12.3 Å². The predicted molar refractivity (Wildman–Crippen MR) is 136 cm³/mol. The van der Waals surface area contributed by atoms with Crippen molar-refractivity contribution in [1.29, 1.82) is 0 Å². The number of nitrogens with zero attached hydrogens (tertiary/aromatic N) is 2. The van der Waals surface area contributed by atoms with E-state index in [0.717, 1.165) is 28.0 Å². The zero-order chi connectivity index (χ0) is 25.8. The predicted octanol–water partition coefficient (Wildman–Crippen LogP) is 6.36. The third kappa shape index (κ3) is 5.64. The van der Waals surface area contributed by atoms with Gasteiger partial charge in [-0.2, -0.15) is 0 Å². The topological polar surface area (TPSA) is 101 Å². The van der Waals surface area contributed by atoms with E-state index in [4.69, 9.17) is 21.4 Å². The van der Waals surface area contributed by atoms with Crippen LogP contribution in [0.2, 0.25) is 5.02 Å². The summed E-state index contributed by atoms with van der Waals surface area (Å²) in [5.74, 6) is -1.03. The van der Waals surface area contributed by atoms with Crippen LogP contribution in [0.3, 0.4) is 0 Å². The molecule has 0 saturated heterocycles. The number of hydrogen-bond acceptors (Lipinski definition) is 6. The van der Waals surface area contributed by atoms with E-state index in [1.807, 2.05) is 24.3 Å². The first-order valence-corrected chi connectivity index (χ1v) is 11.9. The number of hydrogen-bond donors (Lipinski definition) is 2. The van der Waals surface area contributed by atoms with E-state index in [1.54, 1.807) is 42.9 Å². The Kier molecular flexibility index (Phi) is 7.52. The third-order valence-corrected chi connectivity index (χ3v) is 6.73. The maximum atomic E-state index is 15.0. The number of oxime groups is 1. The Labute approximate surface area is 214 Å². The molecule has 7 nitrogen and oxygen atoms in total. The highest BCUT2D eigenvalue weighted by Gasteiger charge is 2.22. The highest BCUT2D eigenvalue weighted by Crippen LogP contribution is 2.35. The second-order valence-electron chi connectivity index (χ2n) is 7.98. The van der Waals surface area contributed by atoms with Gasteiger partial charge in [0.2, 0.25) is 5.56 Å². The average molecular weight is 527 g/mol. The SMILES string of the molecule is Cn1cc(/C(C[C@H](c2ccc(-c3csc(OC(=O)O)c3)cc2)c2ccc(Cl)cc2F)=N/O)ccc1=O. The molecular formula is C26H20ClFN2O5S. The number of benzene rings is 2. The minimum Gasteiger partial charge on any atom is -0.449 e. The van der Waals surface area contributed by atoms with Gasteiger partial charge in [-0.15, -0.1) is 11.3 Å². The summed E-state index contributed by atoms with van der Waals surface area (Å²) < 4.78 is 21.1. The lowest BCUT2D eigenvalue weighted by Gasteiger charge is -2.20. The minimum atomic E-state index is -1.38. The number of aryl methyl sites for hydroxylation is 1. The number of aromatic nitrogens is 1. The monoisotopic (exact) mass is 526 g/mol. The van der Waals surface area contributed by atoms with Crippen molar-refractivity contribution >= 4 is 34.8 Å². The van der Waals surface area contributed by atoms with Crippen LogP contribution in [0.5, 0.6) is 5.06 Å². The van der Waals surface area contributed by atoms with Gasteiger partial charge in [0.15, 0.2) is 5.06 Å². The first kappa shape index (κ1) is 25.2. The van der Waals surface area contributed by atoms with Crippen molar-refractivity contribution in [3.63, 3.8) is 0 Å². The molecule has 0 bridgehead atoms. The molecule has 2 N–H and O–H groups in total. The van der Waals surface area contributed by atoms with Gasteiger partial charge in [-0.25, -0.2) is 9.18 Å². The molecule has 4 aromatic rings. The van der Waals surface area contributed by atoms with Crippen molar-refractivity contribution in [3.8, 4) is 16.2 Å². The molecule has 2 heterocycles. The van der Waals surface area contributed by atoms with Crippen molar-refractivity contribution in [2.24, 2.45) is 12.2 Å². The number of thiophene rings is 1. The van der Waals surface area contributed by atoms with Crippen LogP contribution < -0.4 is 10.3 Å². The lowest BCUT2D eigenvalue weighted by Crippen LogP contribution is -2.18. The molecule has 0 spiro atoms. The van der Waals surface area contributed by atoms with Crippen molar-refractivity contribution in [1.82, 2.24) is 4.57 Å². The molecule has 2 aromatic heterocycles. The second kappa shape index (κ2) is 10.8. The van der Waals surface area contributed by atoms with Gasteiger partial charge in [0.25, 0.3) is 0 Å². The summed E-state index contributed by atoms with van der Waals surface area (Å²) in [5.41, 5.74) is 3.31. The maximum Gasteiger partial charge on any atom is 0.512 e. The number of pyridine rings is 1. The van der Waals surface area contributed by atoms with Crippen molar-refractivity contribution in [3.05, 3.63) is 110 Å². The molecule has 0 amide bonds. The standard InChI is InChI=1S/C26H20ClFN2O5S/c1-30-13-17(6-9-24(30)31)23(29-34)12-21(20-8-7-19(27)11-22(20)28)16-4-2-15(3-5-16)18-10-25(36-14-18)35-26(32)33/h2-11,13-14,21,34H,12H2,1H3,(H,32,33)/b29-23+/t21-/m1/s1. The zero-order valence-electron chi connectivity index (χ0n) is 18.9. The number of halogens is 2. The minimum absolute atomic E-state index is 0.141. The molecule has 0 aliphatic carbocycles. The van der Waals surface area contributed by atoms with Crippen LogP contribution in [-0.2, 0) is 7.05 Å². The van der Waals surface area contributed by atoms with Crippen LogP contribution in [0.1, 0.15) is 29.0 Å². The summed E-state index contributed by atoms with van der Waals surface area (Å²) in [6.45, 7) is 0. The zero-order valence-corrected chi connectivity index (χ0v) is 20.5. The van der Waals surface area contributed by atoms with Gasteiger partial charge in [-0.05, 0) is 40.5 Å². The number of carbonyl (C=O) groups is 1. The lowest BCUT2D eigenvalue weighted by atomic mass is 9.85. The Balaban J connectivity index is 1.70. The number of rotatable bonds is 7. The molecule has 0 radical (unpaired) electrons. The van der Waals surface area contributed by atoms with Gasteiger partial charge < -0.3 is 19.6 Å². The molecule has 10 heteroatoms. The molecule has 0 unspecified atom stereocenters. The van der Waals surface area contributed by atoms with E-state index >= 15 is 4.39 Å². The molecule has 184 valence electrons. The van der Waals surface area contributed by atoms with Gasteiger partial charge in [0.05, 0.1) is 5.71 Å². The lowest BCUT2D eigenvalue weighted by molar-refractivity contribution is 0.146. The van der Waals surface area contributed by atoms with E-state index in [1.165, 1.54) is 16.7 Å². The number of ether oxygens (including phenoxy) is 1. The Hall–Kier alpha value is -3.95. The number of carboxylic acid groups (broad SMARTS) is 1. The van der Waals surface area contributed by atoms with Crippen LogP contribution in [0.15, 0.2) is 82.2 Å². The second-order valence-corrected chi connectivity index (χ2v) is 9.29. The molecule has 4 rings (SSSR count). The summed E-state index contributed by atoms with van der Waals surface area (Å²) in [5, 5.41) is 24.3. The molecule has 0 aliphatic rings. The highest BCUT2D eigenvalue weighted by molar-refractivity contribution is 7.12. The molecular weight excluding hydrogens is 507 g/mol. The third-order valence-electron chi connectivity index (χ3n) is 5.68. The van der Waals surface area contributed by atoms with Crippen molar-refractivity contribution < 1.29 is 24.2 Å². The van der Waals surface area contributed by atoms with E-state index in [9.17, 15) is 14.8 Å². The quantitative estimate of drug-likeness (QED) is 0.126. The summed E-state index contributed by atoms with van der Waals surface area (Å²) in [6.07, 6.45) is 0.316. The molecule has 1 atom stereocenters. The summed E-state index contributed by atoms with van der Waals surface area (Å²) in [7, 11) is 1.59. The van der Waals surface area contributed by atoms with Crippen molar-refractivity contribution in [2.75, 3.05) is 0 Å². The van der Waals surface area contributed by atoms with Gasteiger partial charge in [0, 0.05) is 53.7 Å². The van der Waals surface area contributed by atoms with Gasteiger partial charge in [-0.3, -0.25) is 4.79 Å². The first-order chi connectivity index (χ1) is 17.2. The molecule has 0 saturated carbocycles. The fourth-order valence-corrected chi connectivity index (χ4v) is 4.80. The van der Waals surface area contributed by atoms with E-state index < -0.39 is 17.9 Å². The largest absolute Gasteiger partial charge is 0.512 e. The average Bonchev–Trinajstić information content (AvgIpc) is 3.30. The smallest absolute Gasteiger partial charge is 0.449 e. The van der Waals surface area contributed by atoms with E-state index in [0.29, 0.717) is 11.1 Å². The first-order valence-electron chi connectivity index (χ1n) is 10.7. The summed E-state index contributed by atoms with van der Waals surface area (Å²) >= 11 is 7.13. The summed E-state index contributed by atoms with van der Waals surface area (Å²) in [6, 6.07) is 16.3. The van der Waals surface area contributed by atoms with Gasteiger partial charge in [-0.1, -0.05) is 47.1 Å². The highest BCUT2D eigenvalue weighted by atomic mass is 35.5. The Morgan fingerprint density at radius 3 is 2.53 bits per heavy atom. The Morgan fingerprint density at radius 1 is 1.14 bits per heavy atom. The molecule has 36 heavy (non-hydrogen) atoms. The van der Waals surface area contributed by atoms with E-state index in [2.05, 4.69) is 5.16 Å². The Morgan fingerprint density at radius 2 is 1.89 bits per heavy atom. The van der Waals surface area contributed by atoms with Crippen LogP contribution in [0.25, 0.3) is 11.1 Å².